The lowest BCUT2D eigenvalue weighted by molar-refractivity contribution is 0.419. The molecule has 4 heteroatoms. The molecule has 2 unspecified atom stereocenters. The Morgan fingerprint density at radius 3 is 2.50 bits per heavy atom. The lowest BCUT2D eigenvalue weighted by atomic mass is 10.1. The maximum Gasteiger partial charge on any atom is 0.123 e. The van der Waals surface area contributed by atoms with Gasteiger partial charge in [-0.15, -0.1) is 0 Å². The van der Waals surface area contributed by atoms with Gasteiger partial charge in [0.15, 0.2) is 0 Å². The quantitative estimate of drug-likeness (QED) is 0.414. The predicted octanol–water partition coefficient (Wildman–Crippen LogP) is -0.702. The lowest BCUT2D eigenvalue weighted by Crippen LogP contribution is -2.42. The fourth-order valence-electron chi connectivity index (χ4n) is 1.09. The third-order valence-electron chi connectivity index (χ3n) is 1.50. The molecule has 0 aromatic heterocycles. The van der Waals surface area contributed by atoms with Crippen LogP contribution in [0.3, 0.4) is 0 Å². The monoisotopic (exact) mass is 144 g/mol. The molecule has 1 saturated heterocycles. The number of hydrogen-bond donors (Lipinski definition) is 4. The van der Waals surface area contributed by atoms with E-state index in [1.165, 1.54) is 0 Å². The minimum atomic E-state index is -0.0938. The van der Waals surface area contributed by atoms with Crippen molar-refractivity contribution in [1.82, 2.24) is 16.2 Å². The van der Waals surface area contributed by atoms with Gasteiger partial charge in [-0.3, -0.25) is 5.32 Å². The van der Waals surface area contributed by atoms with Crippen molar-refractivity contribution in [3.63, 3.8) is 0 Å². The first-order chi connectivity index (χ1) is 4.68. The second-order valence-electron chi connectivity index (χ2n) is 3.12. The van der Waals surface area contributed by atoms with Crippen LogP contribution in [0, 0.1) is 5.92 Å². The average Bonchev–Trinajstić information content (AvgIpc) is 2.13. The molecule has 2 atom stereocenters. The van der Waals surface area contributed by atoms with Gasteiger partial charge >= 0.3 is 0 Å². The van der Waals surface area contributed by atoms with Gasteiger partial charge < -0.3 is 5.73 Å². The molecule has 0 spiro atoms. The topological polar surface area (TPSA) is 62.1 Å². The zero-order valence-electron chi connectivity index (χ0n) is 6.52. The summed E-state index contributed by atoms with van der Waals surface area (Å²) in [5.74, 6) is 0.692. The molecular weight excluding hydrogens is 128 g/mol. The summed E-state index contributed by atoms with van der Waals surface area (Å²) >= 11 is 0. The summed E-state index contributed by atoms with van der Waals surface area (Å²) in [4.78, 5) is 0. The molecule has 0 aromatic carbocycles. The third kappa shape index (κ3) is 2.22. The van der Waals surface area contributed by atoms with Gasteiger partial charge in [0.25, 0.3) is 0 Å². The van der Waals surface area contributed by atoms with Crippen LogP contribution in [-0.2, 0) is 0 Å². The SMILES string of the molecule is CC(C)CC1NNC(N)N1. The molecule has 0 bridgehead atoms. The van der Waals surface area contributed by atoms with Gasteiger partial charge in [0.1, 0.15) is 6.29 Å². The first-order valence-corrected chi connectivity index (χ1v) is 3.71. The fraction of sp³-hybridized carbons (Fsp3) is 1.00. The molecule has 10 heavy (non-hydrogen) atoms. The Balaban J connectivity index is 2.18. The molecule has 60 valence electrons. The third-order valence-corrected chi connectivity index (χ3v) is 1.50. The average molecular weight is 144 g/mol. The molecule has 1 fully saturated rings. The van der Waals surface area contributed by atoms with Gasteiger partial charge in [-0.05, 0) is 12.3 Å². The number of rotatable bonds is 2. The van der Waals surface area contributed by atoms with Crippen LogP contribution < -0.4 is 21.9 Å². The molecule has 4 nitrogen and oxygen atoms in total. The first-order valence-electron chi connectivity index (χ1n) is 3.71. The number of nitrogens with one attached hydrogen (secondary N) is 3. The molecule has 1 rings (SSSR count). The van der Waals surface area contributed by atoms with Gasteiger partial charge in [-0.25, -0.2) is 10.9 Å². The summed E-state index contributed by atoms with van der Waals surface area (Å²) in [5, 5.41) is 3.14. The Hall–Kier alpha value is -0.160. The van der Waals surface area contributed by atoms with Crippen molar-refractivity contribution < 1.29 is 0 Å². The van der Waals surface area contributed by atoms with E-state index in [2.05, 4.69) is 30.0 Å². The van der Waals surface area contributed by atoms with E-state index in [4.69, 9.17) is 5.73 Å². The molecule has 1 heterocycles. The van der Waals surface area contributed by atoms with Gasteiger partial charge in [0.2, 0.25) is 0 Å². The minimum Gasteiger partial charge on any atom is -0.303 e. The number of hydrogen-bond acceptors (Lipinski definition) is 4. The van der Waals surface area contributed by atoms with Crippen molar-refractivity contribution in [2.24, 2.45) is 11.7 Å². The van der Waals surface area contributed by atoms with Crippen molar-refractivity contribution in [1.29, 1.82) is 0 Å². The van der Waals surface area contributed by atoms with Crippen molar-refractivity contribution in [3.8, 4) is 0 Å². The van der Waals surface area contributed by atoms with Crippen molar-refractivity contribution in [2.75, 3.05) is 0 Å². The van der Waals surface area contributed by atoms with Gasteiger partial charge in [-0.2, -0.15) is 0 Å². The predicted molar refractivity (Wildman–Crippen MR) is 40.6 cm³/mol. The van der Waals surface area contributed by atoms with E-state index >= 15 is 0 Å². The Morgan fingerprint density at radius 1 is 1.40 bits per heavy atom. The Labute approximate surface area is 61.5 Å². The molecule has 0 radical (unpaired) electrons. The smallest absolute Gasteiger partial charge is 0.123 e. The van der Waals surface area contributed by atoms with Crippen LogP contribution in [0.25, 0.3) is 0 Å². The van der Waals surface area contributed by atoms with Gasteiger partial charge in [0.05, 0.1) is 6.17 Å². The van der Waals surface area contributed by atoms with E-state index in [1.54, 1.807) is 0 Å². The maximum absolute atomic E-state index is 5.52. The molecule has 0 amide bonds. The summed E-state index contributed by atoms with van der Waals surface area (Å²) in [6, 6.07) is 0. The van der Waals surface area contributed by atoms with Crippen molar-refractivity contribution in [2.45, 2.75) is 32.7 Å². The first kappa shape index (κ1) is 7.94. The van der Waals surface area contributed by atoms with Gasteiger partial charge in [-0.1, -0.05) is 13.8 Å². The summed E-state index contributed by atoms with van der Waals surface area (Å²) < 4.78 is 0. The Kier molecular flexibility index (Phi) is 2.62. The minimum absolute atomic E-state index is 0.0938. The van der Waals surface area contributed by atoms with Crippen molar-refractivity contribution >= 4 is 0 Å². The van der Waals surface area contributed by atoms with E-state index in [0.29, 0.717) is 12.1 Å². The number of nitrogens with two attached hydrogens (primary N) is 1. The van der Waals surface area contributed by atoms with Gasteiger partial charge in [0, 0.05) is 0 Å². The van der Waals surface area contributed by atoms with E-state index in [1.807, 2.05) is 0 Å². The second kappa shape index (κ2) is 3.30. The van der Waals surface area contributed by atoms with Crippen LogP contribution >= 0.6 is 0 Å². The summed E-state index contributed by atoms with van der Waals surface area (Å²) in [6.07, 6.45) is 1.33. The fourth-order valence-corrected chi connectivity index (χ4v) is 1.09. The van der Waals surface area contributed by atoms with Crippen LogP contribution in [0.15, 0.2) is 0 Å². The van der Waals surface area contributed by atoms with Crippen LogP contribution in [0.1, 0.15) is 20.3 Å². The molecule has 0 aliphatic carbocycles. The largest absolute Gasteiger partial charge is 0.303 e. The summed E-state index contributed by atoms with van der Waals surface area (Å²) in [6.45, 7) is 4.38. The molecule has 0 aromatic rings. The lowest BCUT2D eigenvalue weighted by Gasteiger charge is -2.11. The van der Waals surface area contributed by atoms with Crippen molar-refractivity contribution in [3.05, 3.63) is 0 Å². The molecule has 1 aliphatic rings. The van der Waals surface area contributed by atoms with E-state index in [9.17, 15) is 0 Å². The van der Waals surface area contributed by atoms with Crippen LogP contribution in [0.5, 0.6) is 0 Å². The molecule has 1 aliphatic heterocycles. The van der Waals surface area contributed by atoms with E-state index in [0.717, 1.165) is 6.42 Å². The Bertz CT molecular complexity index is 104. The normalized spacial score (nSPS) is 33.6. The van der Waals surface area contributed by atoms with Crippen LogP contribution in [0.4, 0.5) is 0 Å². The summed E-state index contributed by atoms with van der Waals surface area (Å²) in [7, 11) is 0. The highest BCUT2D eigenvalue weighted by molar-refractivity contribution is 4.72. The van der Waals surface area contributed by atoms with Crippen LogP contribution in [-0.4, -0.2) is 12.5 Å². The number of hydrazine groups is 1. The highest BCUT2D eigenvalue weighted by Crippen LogP contribution is 2.03. The van der Waals surface area contributed by atoms with Crippen LogP contribution in [0.2, 0.25) is 0 Å². The summed E-state index contributed by atoms with van der Waals surface area (Å²) in [5.41, 5.74) is 11.5. The van der Waals surface area contributed by atoms with E-state index < -0.39 is 0 Å². The molecule has 5 N–H and O–H groups in total. The zero-order valence-corrected chi connectivity index (χ0v) is 6.52. The van der Waals surface area contributed by atoms with E-state index in [-0.39, 0.29) is 6.29 Å². The standard InChI is InChI=1S/C6H16N4/c1-4(2)3-5-8-6(7)10-9-5/h4-6,8-10H,3,7H2,1-2H3. The Morgan fingerprint density at radius 2 is 2.10 bits per heavy atom. The second-order valence-corrected chi connectivity index (χ2v) is 3.12. The molecular formula is C6H16N4. The zero-order chi connectivity index (χ0) is 7.56. The highest BCUT2D eigenvalue weighted by atomic mass is 15.6. The maximum atomic E-state index is 5.52. The molecule has 0 saturated carbocycles. The highest BCUT2D eigenvalue weighted by Gasteiger charge is 2.18.